The number of carbonyl (C=O) groups is 1. The second-order valence-corrected chi connectivity index (χ2v) is 8.18. The molecule has 176 valence electrons. The lowest BCUT2D eigenvalue weighted by molar-refractivity contribution is -0.0511. The lowest BCUT2D eigenvalue weighted by Crippen LogP contribution is -2.33. The number of nitrogens with zero attached hydrogens (tertiary/aromatic N) is 7. The second-order valence-electron chi connectivity index (χ2n) is 8.18. The van der Waals surface area contributed by atoms with E-state index in [9.17, 15) is 20.1 Å². The van der Waals surface area contributed by atoms with Gasteiger partial charge < -0.3 is 30.7 Å². The van der Waals surface area contributed by atoms with Crippen molar-refractivity contribution in [3.63, 3.8) is 0 Å². The summed E-state index contributed by atoms with van der Waals surface area (Å²) in [5.41, 5.74) is 0.880. The van der Waals surface area contributed by atoms with E-state index in [-0.39, 0.29) is 17.7 Å². The van der Waals surface area contributed by atoms with Crippen LogP contribution < -0.4 is 10.6 Å². The molecular weight excluding hydrogens is 434 g/mol. The van der Waals surface area contributed by atoms with Crippen LogP contribution in [0.25, 0.3) is 17.1 Å². The fourth-order valence-electron chi connectivity index (χ4n) is 4.26. The zero-order valence-corrected chi connectivity index (χ0v) is 17.9. The lowest BCUT2D eigenvalue weighted by Gasteiger charge is -2.17. The Hall–Kier alpha value is -3.20. The largest absolute Gasteiger partial charge is 0.394 e. The predicted molar refractivity (Wildman–Crippen MR) is 113 cm³/mol. The maximum absolute atomic E-state index is 11.9. The maximum Gasteiger partial charge on any atom is 0.273 e. The normalized spacial score (nSPS) is 25.7. The maximum atomic E-state index is 11.9. The van der Waals surface area contributed by atoms with Crippen molar-refractivity contribution >= 4 is 22.9 Å². The number of carbonyl (C=O) groups excluding carboxylic acids is 1. The average molecular weight is 459 g/mol. The van der Waals surface area contributed by atoms with Crippen LogP contribution in [-0.2, 0) is 4.74 Å². The molecular formula is C19H25N9O5. The zero-order chi connectivity index (χ0) is 23.1. The fraction of sp³-hybridized carbons (Fsp3) is 0.579. The van der Waals surface area contributed by atoms with Crippen LogP contribution >= 0.6 is 0 Å². The van der Waals surface area contributed by atoms with Gasteiger partial charge in [-0.1, -0.05) is 18.1 Å². The first-order chi connectivity index (χ1) is 16.0. The van der Waals surface area contributed by atoms with E-state index in [1.54, 1.807) is 0 Å². The van der Waals surface area contributed by atoms with Crippen molar-refractivity contribution in [2.45, 2.75) is 56.3 Å². The molecule has 33 heavy (non-hydrogen) atoms. The number of hydrogen-bond acceptors (Lipinski definition) is 11. The van der Waals surface area contributed by atoms with Crippen LogP contribution in [0.15, 0.2) is 12.5 Å². The van der Waals surface area contributed by atoms with E-state index >= 15 is 0 Å². The molecule has 2 aliphatic rings. The molecule has 14 heteroatoms. The van der Waals surface area contributed by atoms with Crippen molar-refractivity contribution in [1.82, 2.24) is 39.8 Å². The highest BCUT2D eigenvalue weighted by Gasteiger charge is 2.44. The molecule has 4 atom stereocenters. The molecule has 1 saturated carbocycles. The predicted octanol–water partition coefficient (Wildman–Crippen LogP) is -1.27. The number of hydrogen-bond donors (Lipinski definition) is 5. The number of nitrogens with one attached hydrogen (secondary N) is 2. The molecule has 0 spiro atoms. The van der Waals surface area contributed by atoms with Gasteiger partial charge in [0.1, 0.15) is 18.3 Å². The molecule has 2 fully saturated rings. The summed E-state index contributed by atoms with van der Waals surface area (Å²) in [7, 11) is 1.49. The third-order valence-corrected chi connectivity index (χ3v) is 6.05. The molecule has 5 N–H and O–H groups in total. The van der Waals surface area contributed by atoms with Gasteiger partial charge in [0.05, 0.1) is 19.1 Å². The average Bonchev–Trinajstić information content (AvgIpc) is 3.61. The van der Waals surface area contributed by atoms with E-state index in [4.69, 9.17) is 4.74 Å². The van der Waals surface area contributed by atoms with Crippen molar-refractivity contribution in [3.05, 3.63) is 18.2 Å². The third-order valence-electron chi connectivity index (χ3n) is 6.05. The van der Waals surface area contributed by atoms with Gasteiger partial charge in [0.15, 0.2) is 28.9 Å². The van der Waals surface area contributed by atoms with Crippen molar-refractivity contribution in [1.29, 1.82) is 0 Å². The molecule has 5 rings (SSSR count). The molecule has 0 bridgehead atoms. The van der Waals surface area contributed by atoms with E-state index in [1.165, 1.54) is 28.8 Å². The summed E-state index contributed by atoms with van der Waals surface area (Å²) in [6, 6.07) is 0.229. The zero-order valence-electron chi connectivity index (χ0n) is 17.9. The Labute approximate surface area is 187 Å². The van der Waals surface area contributed by atoms with Gasteiger partial charge in [0.2, 0.25) is 0 Å². The summed E-state index contributed by atoms with van der Waals surface area (Å²) in [6.45, 7) is -0.447. The third kappa shape index (κ3) is 3.80. The molecule has 1 aliphatic heterocycles. The lowest BCUT2D eigenvalue weighted by atomic mass is 10.1. The minimum atomic E-state index is -1.30. The van der Waals surface area contributed by atoms with Crippen molar-refractivity contribution in [2.24, 2.45) is 0 Å². The Morgan fingerprint density at radius 1 is 1.24 bits per heavy atom. The summed E-state index contributed by atoms with van der Waals surface area (Å²) in [5.74, 6) is 0.215. The first-order valence-corrected chi connectivity index (χ1v) is 10.8. The number of ether oxygens (including phenoxy) is 1. The van der Waals surface area contributed by atoms with Crippen LogP contribution in [0.2, 0.25) is 0 Å². The Morgan fingerprint density at radius 3 is 2.73 bits per heavy atom. The Balaban J connectivity index is 1.59. The van der Waals surface area contributed by atoms with Gasteiger partial charge in [0, 0.05) is 13.1 Å². The van der Waals surface area contributed by atoms with Crippen LogP contribution in [0.5, 0.6) is 0 Å². The molecule has 4 heterocycles. The molecule has 1 amide bonds. The summed E-state index contributed by atoms with van der Waals surface area (Å²) >= 11 is 0. The highest BCUT2D eigenvalue weighted by molar-refractivity contribution is 5.91. The SMILES string of the molecule is CNC(=O)c1cn(-c2nc(NC3CCCC3)c3ncn(C4O[C@H](CO)[C@@H](O)[C@H]4O)c3n2)nn1. The Bertz CT molecular complexity index is 1160. The summed E-state index contributed by atoms with van der Waals surface area (Å²) in [5, 5.41) is 43.9. The summed E-state index contributed by atoms with van der Waals surface area (Å²) in [6.07, 6.45) is 2.58. The van der Waals surface area contributed by atoms with Crippen molar-refractivity contribution in [2.75, 3.05) is 19.0 Å². The van der Waals surface area contributed by atoms with Gasteiger partial charge in [-0.2, -0.15) is 14.6 Å². The van der Waals surface area contributed by atoms with Gasteiger partial charge in [-0.3, -0.25) is 9.36 Å². The van der Waals surface area contributed by atoms with Gasteiger partial charge >= 0.3 is 0 Å². The summed E-state index contributed by atoms with van der Waals surface area (Å²) in [4.78, 5) is 25.4. The number of imidazole rings is 1. The molecule has 1 saturated heterocycles. The van der Waals surface area contributed by atoms with Crippen LogP contribution in [0.3, 0.4) is 0 Å². The number of fused-ring (bicyclic) bond motifs is 1. The summed E-state index contributed by atoms with van der Waals surface area (Å²) < 4.78 is 8.42. The van der Waals surface area contributed by atoms with Crippen molar-refractivity contribution < 1.29 is 24.9 Å². The quantitative estimate of drug-likeness (QED) is 0.296. The fourth-order valence-corrected chi connectivity index (χ4v) is 4.26. The standard InChI is InChI=1S/C19H25N9O5/c1-20-17(32)10-6-28(26-25-10)19-23-15(22-9-4-2-3-5-9)12-16(24-19)27(8-21-12)18-14(31)13(30)11(7-29)33-18/h6,8-9,11,13-14,18,29-31H,2-5,7H2,1H3,(H,20,32)(H,22,23,24)/t11-,13-,14-,18?/m1/s1. The number of aliphatic hydroxyl groups excluding tert-OH is 3. The molecule has 14 nitrogen and oxygen atoms in total. The smallest absolute Gasteiger partial charge is 0.273 e. The highest BCUT2D eigenvalue weighted by atomic mass is 16.6. The number of amides is 1. The molecule has 0 radical (unpaired) electrons. The Morgan fingerprint density at radius 2 is 2.03 bits per heavy atom. The Kier molecular flexibility index (Phi) is 5.65. The van der Waals surface area contributed by atoms with Crippen LogP contribution in [0.4, 0.5) is 5.82 Å². The molecule has 3 aromatic heterocycles. The highest BCUT2D eigenvalue weighted by Crippen LogP contribution is 2.33. The number of aromatic nitrogens is 7. The van der Waals surface area contributed by atoms with Crippen LogP contribution in [0.1, 0.15) is 42.4 Å². The number of anilines is 1. The van der Waals surface area contributed by atoms with Gasteiger partial charge in [-0.25, -0.2) is 4.98 Å². The number of rotatable bonds is 6. The monoisotopic (exact) mass is 459 g/mol. The number of aliphatic hydroxyl groups is 3. The van der Waals surface area contributed by atoms with Crippen LogP contribution in [-0.4, -0.2) is 93.7 Å². The van der Waals surface area contributed by atoms with Crippen LogP contribution in [0, 0.1) is 0 Å². The van der Waals surface area contributed by atoms with Crippen molar-refractivity contribution in [3.8, 4) is 5.95 Å². The molecule has 1 aliphatic carbocycles. The van der Waals surface area contributed by atoms with E-state index < -0.39 is 37.1 Å². The first kappa shape index (κ1) is 21.6. The molecule has 0 aromatic carbocycles. The first-order valence-electron chi connectivity index (χ1n) is 10.8. The van der Waals surface area contributed by atoms with E-state index in [0.29, 0.717) is 17.0 Å². The topological polar surface area (TPSA) is 185 Å². The molecule has 3 aromatic rings. The van der Waals surface area contributed by atoms with Gasteiger partial charge in [-0.15, -0.1) is 5.10 Å². The second kappa shape index (κ2) is 8.62. The van der Waals surface area contributed by atoms with Gasteiger partial charge in [-0.05, 0) is 12.8 Å². The molecule has 1 unspecified atom stereocenters. The van der Waals surface area contributed by atoms with E-state index in [2.05, 4.69) is 35.9 Å². The van der Waals surface area contributed by atoms with E-state index in [1.807, 2.05) is 0 Å². The minimum absolute atomic E-state index is 0.100. The van der Waals surface area contributed by atoms with Gasteiger partial charge in [0.25, 0.3) is 11.9 Å². The minimum Gasteiger partial charge on any atom is -0.394 e. The van der Waals surface area contributed by atoms with E-state index in [0.717, 1.165) is 25.7 Å².